The number of benzene rings is 1. The number of rotatable bonds is 3. The predicted octanol–water partition coefficient (Wildman–Crippen LogP) is 1.41. The molecule has 2 rings (SSSR count). The smallest absolute Gasteiger partial charge is 0.234 e. The van der Waals surface area contributed by atoms with E-state index in [0.717, 1.165) is 5.56 Å². The normalized spacial score (nSPS) is 24.4. The van der Waals surface area contributed by atoms with Gasteiger partial charge in [-0.15, -0.1) is 0 Å². The van der Waals surface area contributed by atoms with Crippen molar-refractivity contribution in [3.05, 3.63) is 33.8 Å². The third-order valence-electron chi connectivity index (χ3n) is 3.08. The van der Waals surface area contributed by atoms with Crippen molar-refractivity contribution in [3.63, 3.8) is 0 Å². The van der Waals surface area contributed by atoms with E-state index in [4.69, 9.17) is 28.9 Å². The fourth-order valence-corrected chi connectivity index (χ4v) is 2.54. The molecule has 6 heteroatoms. The van der Waals surface area contributed by atoms with Gasteiger partial charge in [-0.1, -0.05) is 29.3 Å². The maximum absolute atomic E-state index is 11.3. The summed E-state index contributed by atoms with van der Waals surface area (Å²) in [5.41, 5.74) is 6.25. The van der Waals surface area contributed by atoms with Crippen LogP contribution >= 0.6 is 23.2 Å². The quantitative estimate of drug-likeness (QED) is 0.884. The van der Waals surface area contributed by atoms with Gasteiger partial charge in [-0.05, 0) is 24.1 Å². The topological polar surface area (TPSA) is 66.6 Å². The van der Waals surface area contributed by atoms with Gasteiger partial charge >= 0.3 is 0 Å². The summed E-state index contributed by atoms with van der Waals surface area (Å²) >= 11 is 11.8. The lowest BCUT2D eigenvalue weighted by atomic mass is 10.1. The number of halogens is 2. The molecule has 18 heavy (non-hydrogen) atoms. The second-order valence-electron chi connectivity index (χ2n) is 4.49. The van der Waals surface area contributed by atoms with Crippen LogP contribution in [0.2, 0.25) is 10.0 Å². The highest BCUT2D eigenvalue weighted by atomic mass is 35.5. The molecule has 0 saturated carbocycles. The van der Waals surface area contributed by atoms with E-state index < -0.39 is 18.1 Å². The van der Waals surface area contributed by atoms with Crippen molar-refractivity contribution in [1.29, 1.82) is 0 Å². The molecule has 3 N–H and O–H groups in total. The van der Waals surface area contributed by atoms with Crippen molar-refractivity contribution in [1.82, 2.24) is 4.90 Å². The number of carbonyl (C=O) groups excluding carboxylic acids is 1. The molecule has 1 fully saturated rings. The molecular weight excluding hydrogens is 275 g/mol. The van der Waals surface area contributed by atoms with Crippen molar-refractivity contribution in [3.8, 4) is 0 Å². The number of hydrogen-bond donors (Lipinski definition) is 2. The lowest BCUT2D eigenvalue weighted by molar-refractivity contribution is -0.122. The van der Waals surface area contributed by atoms with Gasteiger partial charge in [0, 0.05) is 13.1 Å². The first-order valence-electron chi connectivity index (χ1n) is 5.62. The Labute approximate surface area is 115 Å². The van der Waals surface area contributed by atoms with Crippen molar-refractivity contribution in [2.75, 3.05) is 6.54 Å². The van der Waals surface area contributed by atoms with E-state index in [2.05, 4.69) is 0 Å². The number of likely N-dealkylation sites (tertiary alicyclic amines) is 1. The molecule has 0 radical (unpaired) electrons. The van der Waals surface area contributed by atoms with Gasteiger partial charge in [-0.3, -0.25) is 9.69 Å². The summed E-state index contributed by atoms with van der Waals surface area (Å²) in [6, 6.07) is 4.89. The summed E-state index contributed by atoms with van der Waals surface area (Å²) < 4.78 is 0. The van der Waals surface area contributed by atoms with Gasteiger partial charge in [0.25, 0.3) is 0 Å². The van der Waals surface area contributed by atoms with Crippen LogP contribution in [-0.4, -0.2) is 34.6 Å². The van der Waals surface area contributed by atoms with Gasteiger partial charge in [-0.25, -0.2) is 0 Å². The first kappa shape index (κ1) is 13.6. The molecule has 1 aliphatic heterocycles. The highest BCUT2D eigenvalue weighted by Crippen LogP contribution is 2.25. The number of β-amino-alcohol motifs (C(OH)–C–C–N with tert-alkyl or cyclic N) is 1. The van der Waals surface area contributed by atoms with Crippen LogP contribution in [0, 0.1) is 0 Å². The molecule has 4 nitrogen and oxygen atoms in total. The Morgan fingerprint density at radius 3 is 2.78 bits per heavy atom. The van der Waals surface area contributed by atoms with Crippen LogP contribution in [0.5, 0.6) is 0 Å². The van der Waals surface area contributed by atoms with Crippen LogP contribution in [-0.2, 0) is 11.3 Å². The SMILES string of the molecule is NC(=O)[C@H]1C[C@@H](O)CN1Cc1ccc(Cl)c(Cl)c1. The van der Waals surface area contributed by atoms with E-state index in [1.807, 2.05) is 11.0 Å². The van der Waals surface area contributed by atoms with Crippen molar-refractivity contribution < 1.29 is 9.90 Å². The average Bonchev–Trinajstić information content (AvgIpc) is 2.65. The number of carbonyl (C=O) groups is 1. The molecule has 0 aromatic heterocycles. The second-order valence-corrected chi connectivity index (χ2v) is 5.30. The van der Waals surface area contributed by atoms with Crippen molar-refractivity contribution >= 4 is 29.1 Å². The molecule has 0 aliphatic carbocycles. The predicted molar refractivity (Wildman–Crippen MR) is 70.5 cm³/mol. The lowest BCUT2D eigenvalue weighted by Gasteiger charge is -2.21. The molecule has 1 aromatic carbocycles. The second kappa shape index (κ2) is 5.45. The number of primary amides is 1. The Kier molecular flexibility index (Phi) is 4.12. The molecule has 1 aromatic rings. The fraction of sp³-hybridized carbons (Fsp3) is 0.417. The molecule has 98 valence electrons. The van der Waals surface area contributed by atoms with Gasteiger partial charge in [0.15, 0.2) is 0 Å². The van der Waals surface area contributed by atoms with E-state index in [1.54, 1.807) is 12.1 Å². The van der Waals surface area contributed by atoms with E-state index >= 15 is 0 Å². The minimum absolute atomic E-state index is 0.386. The van der Waals surface area contributed by atoms with Gasteiger partial charge in [0.05, 0.1) is 22.2 Å². The Hall–Kier alpha value is -0.810. The molecule has 1 saturated heterocycles. The Morgan fingerprint density at radius 2 is 2.17 bits per heavy atom. The van der Waals surface area contributed by atoms with Gasteiger partial charge in [-0.2, -0.15) is 0 Å². The molecule has 1 amide bonds. The average molecular weight is 289 g/mol. The van der Waals surface area contributed by atoms with Crippen LogP contribution in [0.15, 0.2) is 18.2 Å². The minimum atomic E-state index is -0.509. The van der Waals surface area contributed by atoms with Gasteiger partial charge < -0.3 is 10.8 Å². The van der Waals surface area contributed by atoms with Crippen molar-refractivity contribution in [2.24, 2.45) is 5.73 Å². The van der Waals surface area contributed by atoms with Gasteiger partial charge in [0.1, 0.15) is 0 Å². The summed E-state index contributed by atoms with van der Waals surface area (Å²) in [6.07, 6.45) is -0.123. The van der Waals surface area contributed by atoms with Crippen LogP contribution in [0.3, 0.4) is 0 Å². The zero-order valence-electron chi connectivity index (χ0n) is 9.64. The summed E-state index contributed by atoms with van der Waals surface area (Å²) in [5.74, 6) is -0.411. The standard InChI is InChI=1S/C12H14Cl2N2O2/c13-9-2-1-7(3-10(9)14)5-16-6-8(17)4-11(16)12(15)18/h1-3,8,11,17H,4-6H2,(H2,15,18)/t8-,11-/m1/s1. The Balaban J connectivity index is 2.12. The number of aliphatic hydroxyl groups is 1. The lowest BCUT2D eigenvalue weighted by Crippen LogP contribution is -2.39. The minimum Gasteiger partial charge on any atom is -0.392 e. The highest BCUT2D eigenvalue weighted by Gasteiger charge is 2.34. The van der Waals surface area contributed by atoms with Crippen LogP contribution in [0.1, 0.15) is 12.0 Å². The molecule has 0 bridgehead atoms. The number of hydrogen-bond acceptors (Lipinski definition) is 3. The Bertz CT molecular complexity index is 467. The number of amides is 1. The number of nitrogens with zero attached hydrogens (tertiary/aromatic N) is 1. The summed E-state index contributed by atoms with van der Waals surface area (Å²) in [6.45, 7) is 0.954. The first-order valence-corrected chi connectivity index (χ1v) is 6.38. The molecular formula is C12H14Cl2N2O2. The van der Waals surface area contributed by atoms with E-state index in [9.17, 15) is 9.90 Å². The zero-order valence-corrected chi connectivity index (χ0v) is 11.2. The fourth-order valence-electron chi connectivity index (χ4n) is 2.22. The molecule has 1 aliphatic rings. The first-order chi connectivity index (χ1) is 8.47. The number of nitrogens with two attached hydrogens (primary N) is 1. The summed E-state index contributed by atoms with van der Waals surface area (Å²) in [4.78, 5) is 13.1. The maximum atomic E-state index is 11.3. The summed E-state index contributed by atoms with van der Waals surface area (Å²) in [7, 11) is 0. The monoisotopic (exact) mass is 288 g/mol. The van der Waals surface area contributed by atoms with E-state index in [1.165, 1.54) is 0 Å². The van der Waals surface area contributed by atoms with E-state index in [0.29, 0.717) is 29.6 Å². The molecule has 1 heterocycles. The summed E-state index contributed by atoms with van der Waals surface area (Å²) in [5, 5.41) is 10.6. The largest absolute Gasteiger partial charge is 0.392 e. The molecule has 0 spiro atoms. The van der Waals surface area contributed by atoms with E-state index in [-0.39, 0.29) is 0 Å². The molecule has 2 atom stereocenters. The maximum Gasteiger partial charge on any atom is 0.234 e. The Morgan fingerprint density at radius 1 is 1.44 bits per heavy atom. The van der Waals surface area contributed by atoms with Crippen LogP contribution < -0.4 is 5.73 Å². The highest BCUT2D eigenvalue weighted by molar-refractivity contribution is 6.42. The zero-order chi connectivity index (χ0) is 13.3. The van der Waals surface area contributed by atoms with Crippen molar-refractivity contribution in [2.45, 2.75) is 25.1 Å². The third-order valence-corrected chi connectivity index (χ3v) is 3.82. The van der Waals surface area contributed by atoms with Crippen LogP contribution in [0.25, 0.3) is 0 Å². The van der Waals surface area contributed by atoms with Gasteiger partial charge in [0.2, 0.25) is 5.91 Å². The third kappa shape index (κ3) is 2.95. The molecule has 0 unspecified atom stereocenters. The van der Waals surface area contributed by atoms with Crippen LogP contribution in [0.4, 0.5) is 0 Å². The number of aliphatic hydroxyl groups excluding tert-OH is 1.